The standard InChI is InChI=1S/C19H25N5O/c1-13-8-9-16(12-14(13)2)21-18-17(22-24-23-18)19(25)20-11-10-15-6-4-3-5-7-15/h6,8-9,12H,3-5,7,10-11H2,1-2H3,(H,20,25)(H2,21,22,23,24). The summed E-state index contributed by atoms with van der Waals surface area (Å²) in [5.41, 5.74) is 5.02. The topological polar surface area (TPSA) is 82.7 Å². The summed E-state index contributed by atoms with van der Waals surface area (Å²) >= 11 is 0. The molecule has 0 saturated carbocycles. The number of aryl methyl sites for hydroxylation is 2. The van der Waals surface area contributed by atoms with E-state index in [1.807, 2.05) is 18.2 Å². The number of nitrogens with one attached hydrogen (secondary N) is 3. The summed E-state index contributed by atoms with van der Waals surface area (Å²) in [5, 5.41) is 16.7. The summed E-state index contributed by atoms with van der Waals surface area (Å²) in [6, 6.07) is 6.03. The van der Waals surface area contributed by atoms with Crippen molar-refractivity contribution in [3.63, 3.8) is 0 Å². The van der Waals surface area contributed by atoms with Crippen molar-refractivity contribution in [2.75, 3.05) is 11.9 Å². The zero-order valence-electron chi connectivity index (χ0n) is 14.9. The molecule has 0 unspecified atom stereocenters. The Hall–Kier alpha value is -2.63. The number of carbonyl (C=O) groups is 1. The van der Waals surface area contributed by atoms with Gasteiger partial charge in [0.2, 0.25) is 0 Å². The molecule has 0 fully saturated rings. The van der Waals surface area contributed by atoms with E-state index < -0.39 is 0 Å². The molecule has 1 aromatic carbocycles. The van der Waals surface area contributed by atoms with Gasteiger partial charge < -0.3 is 10.6 Å². The number of hydrogen-bond donors (Lipinski definition) is 3. The maximum absolute atomic E-state index is 12.4. The summed E-state index contributed by atoms with van der Waals surface area (Å²) in [6.07, 6.45) is 8.06. The van der Waals surface area contributed by atoms with E-state index in [1.165, 1.54) is 29.5 Å². The Bertz CT molecular complexity index is 778. The number of amides is 1. The molecular weight excluding hydrogens is 314 g/mol. The van der Waals surface area contributed by atoms with E-state index in [0.29, 0.717) is 12.4 Å². The van der Waals surface area contributed by atoms with Gasteiger partial charge >= 0.3 is 0 Å². The van der Waals surface area contributed by atoms with Crippen LogP contribution >= 0.6 is 0 Å². The predicted octanol–water partition coefficient (Wildman–Crippen LogP) is 3.79. The van der Waals surface area contributed by atoms with Gasteiger partial charge in [0.1, 0.15) is 0 Å². The monoisotopic (exact) mass is 339 g/mol. The van der Waals surface area contributed by atoms with Crippen molar-refractivity contribution in [1.29, 1.82) is 0 Å². The summed E-state index contributed by atoms with van der Waals surface area (Å²) in [5.74, 6) is 0.231. The third-order valence-corrected chi connectivity index (χ3v) is 4.65. The molecule has 1 aliphatic rings. The van der Waals surface area contributed by atoms with Crippen LogP contribution in [0.1, 0.15) is 53.7 Å². The van der Waals surface area contributed by atoms with Crippen molar-refractivity contribution >= 4 is 17.4 Å². The normalized spacial score (nSPS) is 14.1. The molecule has 2 aromatic rings. The van der Waals surface area contributed by atoms with Gasteiger partial charge in [-0.2, -0.15) is 5.21 Å². The van der Waals surface area contributed by atoms with Gasteiger partial charge in [-0.3, -0.25) is 4.79 Å². The van der Waals surface area contributed by atoms with E-state index in [4.69, 9.17) is 0 Å². The molecule has 0 bridgehead atoms. The zero-order valence-corrected chi connectivity index (χ0v) is 14.9. The fourth-order valence-electron chi connectivity index (χ4n) is 2.98. The first-order valence-corrected chi connectivity index (χ1v) is 8.84. The number of aromatic amines is 1. The van der Waals surface area contributed by atoms with Crippen LogP contribution in [0.5, 0.6) is 0 Å². The first kappa shape index (κ1) is 17.2. The summed E-state index contributed by atoms with van der Waals surface area (Å²) in [7, 11) is 0. The molecular formula is C19H25N5O. The molecule has 0 atom stereocenters. The fraction of sp³-hybridized carbons (Fsp3) is 0.421. The highest BCUT2D eigenvalue weighted by Crippen LogP contribution is 2.21. The second-order valence-electron chi connectivity index (χ2n) is 6.56. The van der Waals surface area contributed by atoms with Gasteiger partial charge in [-0.05, 0) is 69.2 Å². The third-order valence-electron chi connectivity index (χ3n) is 4.65. The van der Waals surface area contributed by atoms with Gasteiger partial charge in [0.25, 0.3) is 5.91 Å². The average Bonchev–Trinajstić information content (AvgIpc) is 3.07. The molecule has 1 aliphatic carbocycles. The molecule has 0 aliphatic heterocycles. The van der Waals surface area contributed by atoms with Gasteiger partial charge in [0, 0.05) is 12.2 Å². The van der Waals surface area contributed by atoms with Crippen LogP contribution in [-0.2, 0) is 0 Å². The average molecular weight is 339 g/mol. The number of allylic oxidation sites excluding steroid dienone is 1. The molecule has 0 radical (unpaired) electrons. The van der Waals surface area contributed by atoms with Crippen molar-refractivity contribution < 1.29 is 4.79 Å². The Kier molecular flexibility index (Phi) is 5.48. The van der Waals surface area contributed by atoms with E-state index >= 15 is 0 Å². The number of nitrogens with zero attached hydrogens (tertiary/aromatic N) is 2. The maximum atomic E-state index is 12.4. The van der Waals surface area contributed by atoms with Crippen LogP contribution in [0, 0.1) is 13.8 Å². The Balaban J connectivity index is 1.59. The van der Waals surface area contributed by atoms with Crippen LogP contribution in [0.15, 0.2) is 29.8 Å². The minimum atomic E-state index is -0.212. The summed E-state index contributed by atoms with van der Waals surface area (Å²) in [6.45, 7) is 4.74. The van der Waals surface area contributed by atoms with E-state index in [1.54, 1.807) is 0 Å². The number of benzene rings is 1. The molecule has 1 amide bonds. The lowest BCUT2D eigenvalue weighted by Crippen LogP contribution is -2.26. The number of rotatable bonds is 6. The molecule has 6 heteroatoms. The lowest BCUT2D eigenvalue weighted by atomic mass is 9.97. The van der Waals surface area contributed by atoms with Crippen LogP contribution in [0.2, 0.25) is 0 Å². The smallest absolute Gasteiger partial charge is 0.275 e. The van der Waals surface area contributed by atoms with Gasteiger partial charge in [-0.25, -0.2) is 0 Å². The van der Waals surface area contributed by atoms with Crippen LogP contribution in [-0.4, -0.2) is 27.9 Å². The zero-order chi connectivity index (χ0) is 17.6. The van der Waals surface area contributed by atoms with Crippen molar-refractivity contribution in [2.45, 2.75) is 46.0 Å². The molecule has 1 aromatic heterocycles. The number of hydrogen-bond acceptors (Lipinski definition) is 4. The highest BCUT2D eigenvalue weighted by molar-refractivity contribution is 5.97. The van der Waals surface area contributed by atoms with Crippen molar-refractivity contribution in [3.8, 4) is 0 Å². The molecule has 132 valence electrons. The largest absolute Gasteiger partial charge is 0.350 e. The molecule has 3 rings (SSSR count). The second kappa shape index (κ2) is 7.96. The SMILES string of the molecule is Cc1ccc(Nc2n[nH]nc2C(=O)NCCC2=CCCCC2)cc1C. The number of H-pyrrole nitrogens is 1. The lowest BCUT2D eigenvalue weighted by Gasteiger charge is -2.12. The molecule has 25 heavy (non-hydrogen) atoms. The van der Waals surface area contributed by atoms with Crippen molar-refractivity contribution in [2.24, 2.45) is 0 Å². The molecule has 0 spiro atoms. The molecule has 3 N–H and O–H groups in total. The Labute approximate surface area is 148 Å². The van der Waals surface area contributed by atoms with E-state index in [0.717, 1.165) is 24.9 Å². The van der Waals surface area contributed by atoms with Gasteiger partial charge in [0.05, 0.1) is 0 Å². The Morgan fingerprint density at radius 3 is 2.84 bits per heavy atom. The Morgan fingerprint density at radius 1 is 1.20 bits per heavy atom. The van der Waals surface area contributed by atoms with Gasteiger partial charge in [-0.1, -0.05) is 17.7 Å². The molecule has 1 heterocycles. The van der Waals surface area contributed by atoms with E-state index in [9.17, 15) is 4.79 Å². The van der Waals surface area contributed by atoms with Crippen LogP contribution in [0.25, 0.3) is 0 Å². The lowest BCUT2D eigenvalue weighted by molar-refractivity contribution is 0.0950. The first-order chi connectivity index (χ1) is 12.1. The highest BCUT2D eigenvalue weighted by Gasteiger charge is 2.16. The predicted molar refractivity (Wildman–Crippen MR) is 99.1 cm³/mol. The van der Waals surface area contributed by atoms with E-state index in [-0.39, 0.29) is 11.6 Å². The summed E-state index contributed by atoms with van der Waals surface area (Å²) < 4.78 is 0. The summed E-state index contributed by atoms with van der Waals surface area (Å²) in [4.78, 5) is 12.4. The molecule has 6 nitrogen and oxygen atoms in total. The van der Waals surface area contributed by atoms with E-state index in [2.05, 4.69) is 46.0 Å². The highest BCUT2D eigenvalue weighted by atomic mass is 16.2. The van der Waals surface area contributed by atoms with Crippen LogP contribution in [0.4, 0.5) is 11.5 Å². The number of carbonyl (C=O) groups excluding carboxylic acids is 1. The van der Waals surface area contributed by atoms with Gasteiger partial charge in [0.15, 0.2) is 11.5 Å². The second-order valence-corrected chi connectivity index (χ2v) is 6.56. The maximum Gasteiger partial charge on any atom is 0.275 e. The number of aromatic nitrogens is 3. The number of anilines is 2. The molecule has 0 saturated heterocycles. The third kappa shape index (κ3) is 4.47. The van der Waals surface area contributed by atoms with Crippen molar-refractivity contribution in [3.05, 3.63) is 46.7 Å². The minimum Gasteiger partial charge on any atom is -0.350 e. The van der Waals surface area contributed by atoms with Gasteiger partial charge in [-0.15, -0.1) is 10.2 Å². The van der Waals surface area contributed by atoms with Crippen LogP contribution in [0.3, 0.4) is 0 Å². The van der Waals surface area contributed by atoms with Crippen LogP contribution < -0.4 is 10.6 Å². The quantitative estimate of drug-likeness (QED) is 0.699. The first-order valence-electron chi connectivity index (χ1n) is 8.84. The Morgan fingerprint density at radius 2 is 2.08 bits per heavy atom. The minimum absolute atomic E-state index is 0.212. The fourth-order valence-corrected chi connectivity index (χ4v) is 2.98. The van der Waals surface area contributed by atoms with Crippen molar-refractivity contribution in [1.82, 2.24) is 20.7 Å².